The molecule has 18 heavy (non-hydrogen) atoms. The minimum Gasteiger partial charge on any atom is -0.329 e. The molecule has 94 valence electrons. The molecule has 0 saturated carbocycles. The normalized spacial score (nSPS) is 12.4. The fourth-order valence-corrected chi connectivity index (χ4v) is 3.49. The van der Waals surface area contributed by atoms with Crippen molar-refractivity contribution in [3.63, 3.8) is 0 Å². The van der Waals surface area contributed by atoms with Gasteiger partial charge in [-0.2, -0.15) is 0 Å². The van der Waals surface area contributed by atoms with Gasteiger partial charge >= 0.3 is 0 Å². The summed E-state index contributed by atoms with van der Waals surface area (Å²) in [7, 11) is 0. The first-order valence-corrected chi connectivity index (χ1v) is 8.04. The quantitative estimate of drug-likeness (QED) is 0.748. The van der Waals surface area contributed by atoms with E-state index in [1.54, 1.807) is 11.8 Å². The van der Waals surface area contributed by atoms with Crippen molar-refractivity contribution in [3.05, 3.63) is 63.0 Å². The smallest absolute Gasteiger partial charge is 0.0467 e. The number of halogens is 2. The lowest BCUT2D eigenvalue weighted by molar-refractivity contribution is 0.940. The van der Waals surface area contributed by atoms with Crippen molar-refractivity contribution in [2.45, 2.75) is 10.1 Å². The number of rotatable bonds is 4. The lowest BCUT2D eigenvalue weighted by Gasteiger charge is -2.15. The minimum atomic E-state index is 0.275. The Balaban J connectivity index is 2.20. The molecule has 0 aromatic heterocycles. The summed E-state index contributed by atoms with van der Waals surface area (Å²) >= 11 is 8.81. The van der Waals surface area contributed by atoms with Gasteiger partial charge in [0.15, 0.2) is 0 Å². The van der Waals surface area contributed by atoms with Crippen molar-refractivity contribution < 1.29 is 0 Å². The number of nitrogens with two attached hydrogens (primary N) is 1. The molecule has 0 spiro atoms. The lowest BCUT2D eigenvalue weighted by Crippen LogP contribution is -2.09. The molecule has 0 bridgehead atoms. The molecule has 0 aliphatic carbocycles. The van der Waals surface area contributed by atoms with Crippen molar-refractivity contribution in [3.8, 4) is 0 Å². The summed E-state index contributed by atoms with van der Waals surface area (Å²) in [5.74, 6) is 0. The fourth-order valence-electron chi connectivity index (χ4n) is 1.62. The summed E-state index contributed by atoms with van der Waals surface area (Å²) in [6.45, 7) is 0.619. The Bertz CT molecular complexity index is 513. The van der Waals surface area contributed by atoms with Crippen LogP contribution < -0.4 is 5.73 Å². The molecule has 0 saturated heterocycles. The third kappa shape index (κ3) is 3.60. The second kappa shape index (κ2) is 6.75. The van der Waals surface area contributed by atoms with Crippen LogP contribution in [0, 0.1) is 0 Å². The van der Waals surface area contributed by atoms with E-state index in [0.29, 0.717) is 6.54 Å². The molecular weight excluding hydrogens is 374 g/mol. The van der Waals surface area contributed by atoms with E-state index >= 15 is 0 Å². The Labute approximate surface area is 128 Å². The molecule has 0 aliphatic rings. The van der Waals surface area contributed by atoms with Gasteiger partial charge in [-0.25, -0.2) is 0 Å². The Morgan fingerprint density at radius 1 is 1.00 bits per heavy atom. The molecular formula is C14H13Br2NS. The molecule has 1 nitrogen and oxygen atoms in total. The molecule has 0 fully saturated rings. The van der Waals surface area contributed by atoms with E-state index in [9.17, 15) is 0 Å². The zero-order valence-corrected chi connectivity index (χ0v) is 13.6. The average molecular weight is 387 g/mol. The van der Waals surface area contributed by atoms with E-state index in [-0.39, 0.29) is 5.25 Å². The second-order valence-electron chi connectivity index (χ2n) is 3.82. The Morgan fingerprint density at radius 2 is 1.67 bits per heavy atom. The van der Waals surface area contributed by atoms with Crippen LogP contribution in [0.15, 0.2) is 62.4 Å². The highest BCUT2D eigenvalue weighted by atomic mass is 79.9. The van der Waals surface area contributed by atoms with Crippen LogP contribution in [0.2, 0.25) is 0 Å². The molecule has 0 amide bonds. The molecule has 2 N–H and O–H groups in total. The highest BCUT2D eigenvalue weighted by Gasteiger charge is 2.12. The SMILES string of the molecule is NCC(Sc1ccccc1Br)c1ccc(Br)cc1. The van der Waals surface area contributed by atoms with Gasteiger partial charge in [-0.15, -0.1) is 11.8 Å². The van der Waals surface area contributed by atoms with Crippen LogP contribution in [0.25, 0.3) is 0 Å². The van der Waals surface area contributed by atoms with Gasteiger partial charge in [0.2, 0.25) is 0 Å². The van der Waals surface area contributed by atoms with E-state index in [2.05, 4.69) is 68.3 Å². The second-order valence-corrected chi connectivity index (χ2v) is 6.84. The maximum absolute atomic E-state index is 5.89. The molecule has 2 aromatic rings. The fraction of sp³-hybridized carbons (Fsp3) is 0.143. The van der Waals surface area contributed by atoms with Crippen molar-refractivity contribution in [1.29, 1.82) is 0 Å². The number of hydrogen-bond acceptors (Lipinski definition) is 2. The van der Waals surface area contributed by atoms with Crippen LogP contribution in [-0.2, 0) is 0 Å². The molecule has 0 radical (unpaired) electrons. The standard InChI is InChI=1S/C14H13Br2NS/c15-11-7-5-10(6-8-11)14(9-17)18-13-4-2-1-3-12(13)16/h1-8,14H,9,17H2. The summed E-state index contributed by atoms with van der Waals surface area (Å²) in [5, 5.41) is 0.275. The van der Waals surface area contributed by atoms with Gasteiger partial charge in [0.1, 0.15) is 0 Å². The Kier molecular flexibility index (Phi) is 5.30. The summed E-state index contributed by atoms with van der Waals surface area (Å²) in [5.41, 5.74) is 7.14. The lowest BCUT2D eigenvalue weighted by atomic mass is 10.1. The highest BCUT2D eigenvalue weighted by molar-refractivity contribution is 9.10. The Morgan fingerprint density at radius 3 is 2.28 bits per heavy atom. The number of thioether (sulfide) groups is 1. The minimum absolute atomic E-state index is 0.275. The number of hydrogen-bond donors (Lipinski definition) is 1. The average Bonchev–Trinajstić information content (AvgIpc) is 2.39. The van der Waals surface area contributed by atoms with E-state index in [1.165, 1.54) is 10.5 Å². The van der Waals surface area contributed by atoms with Crippen LogP contribution in [0.3, 0.4) is 0 Å². The highest BCUT2D eigenvalue weighted by Crippen LogP contribution is 2.38. The monoisotopic (exact) mass is 385 g/mol. The summed E-state index contributed by atoms with van der Waals surface area (Å²) < 4.78 is 2.21. The van der Waals surface area contributed by atoms with Gasteiger partial charge < -0.3 is 5.73 Å². The van der Waals surface area contributed by atoms with Crippen molar-refractivity contribution in [2.75, 3.05) is 6.54 Å². The van der Waals surface area contributed by atoms with Crippen LogP contribution in [0.5, 0.6) is 0 Å². The maximum atomic E-state index is 5.89. The van der Waals surface area contributed by atoms with Crippen LogP contribution in [-0.4, -0.2) is 6.54 Å². The van der Waals surface area contributed by atoms with Crippen LogP contribution >= 0.6 is 43.6 Å². The molecule has 2 aromatic carbocycles. The third-order valence-corrected chi connectivity index (χ3v) is 5.40. The number of benzene rings is 2. The van der Waals surface area contributed by atoms with Crippen LogP contribution in [0.4, 0.5) is 0 Å². The van der Waals surface area contributed by atoms with Gasteiger partial charge in [0.25, 0.3) is 0 Å². The van der Waals surface area contributed by atoms with Gasteiger partial charge in [0.05, 0.1) is 0 Å². The van der Waals surface area contributed by atoms with Crippen molar-refractivity contribution >= 4 is 43.6 Å². The van der Waals surface area contributed by atoms with Gasteiger partial charge in [-0.1, -0.05) is 40.2 Å². The molecule has 0 heterocycles. The molecule has 1 unspecified atom stereocenters. The largest absolute Gasteiger partial charge is 0.329 e. The summed E-state index contributed by atoms with van der Waals surface area (Å²) in [6, 6.07) is 16.6. The first kappa shape index (κ1) is 14.1. The summed E-state index contributed by atoms with van der Waals surface area (Å²) in [4.78, 5) is 1.22. The Hall–Kier alpha value is -0.290. The maximum Gasteiger partial charge on any atom is 0.0467 e. The first-order valence-electron chi connectivity index (χ1n) is 5.57. The van der Waals surface area contributed by atoms with E-state index < -0.39 is 0 Å². The van der Waals surface area contributed by atoms with Crippen molar-refractivity contribution in [2.24, 2.45) is 5.73 Å². The van der Waals surface area contributed by atoms with Gasteiger partial charge in [-0.3, -0.25) is 0 Å². The van der Waals surface area contributed by atoms with E-state index in [1.807, 2.05) is 12.1 Å². The zero-order valence-electron chi connectivity index (χ0n) is 9.64. The third-order valence-electron chi connectivity index (χ3n) is 2.56. The van der Waals surface area contributed by atoms with E-state index in [0.717, 1.165) is 8.95 Å². The van der Waals surface area contributed by atoms with Crippen LogP contribution in [0.1, 0.15) is 10.8 Å². The molecule has 4 heteroatoms. The topological polar surface area (TPSA) is 26.0 Å². The van der Waals surface area contributed by atoms with E-state index in [4.69, 9.17) is 5.73 Å². The summed E-state index contributed by atoms with van der Waals surface area (Å²) in [6.07, 6.45) is 0. The molecule has 2 rings (SSSR count). The van der Waals surface area contributed by atoms with Gasteiger partial charge in [0, 0.05) is 25.6 Å². The predicted octanol–water partition coefficient (Wildman–Crippen LogP) is 5.00. The molecule has 0 aliphatic heterocycles. The first-order chi connectivity index (χ1) is 8.70. The predicted molar refractivity (Wildman–Crippen MR) is 85.9 cm³/mol. The van der Waals surface area contributed by atoms with Gasteiger partial charge in [-0.05, 0) is 45.8 Å². The molecule has 1 atom stereocenters. The van der Waals surface area contributed by atoms with Crippen molar-refractivity contribution in [1.82, 2.24) is 0 Å². The zero-order chi connectivity index (χ0) is 13.0.